The first-order valence-corrected chi connectivity index (χ1v) is 4.44. The van der Waals surface area contributed by atoms with Crippen molar-refractivity contribution in [1.29, 1.82) is 0 Å². The zero-order chi connectivity index (χ0) is 9.78. The van der Waals surface area contributed by atoms with E-state index in [0.717, 1.165) is 12.1 Å². The van der Waals surface area contributed by atoms with Crippen LogP contribution >= 0.6 is 11.6 Å². The van der Waals surface area contributed by atoms with Crippen LogP contribution in [0.25, 0.3) is 0 Å². The lowest BCUT2D eigenvalue weighted by atomic mass is 9.93. The Kier molecular flexibility index (Phi) is 4.32. The van der Waals surface area contributed by atoms with Gasteiger partial charge in [-0.25, -0.2) is 4.99 Å². The minimum atomic E-state index is -0.0333. The molecule has 0 spiro atoms. The second-order valence-electron chi connectivity index (χ2n) is 3.69. The van der Waals surface area contributed by atoms with Gasteiger partial charge in [0.2, 0.25) is 0 Å². The third kappa shape index (κ3) is 4.39. The SMILES string of the molecule is CC/C(Cl)=N\C=C(/N)C(C)(C)C. The van der Waals surface area contributed by atoms with Crippen LogP contribution in [0.1, 0.15) is 34.1 Å². The number of hydrogen-bond donors (Lipinski definition) is 1. The molecule has 0 saturated carbocycles. The Labute approximate surface area is 79.5 Å². The minimum Gasteiger partial charge on any atom is -0.400 e. The molecule has 0 rings (SSSR count). The molecule has 3 heteroatoms. The molecule has 0 bridgehead atoms. The highest BCUT2D eigenvalue weighted by Gasteiger charge is 2.12. The summed E-state index contributed by atoms with van der Waals surface area (Å²) < 4.78 is 0. The van der Waals surface area contributed by atoms with Gasteiger partial charge >= 0.3 is 0 Å². The monoisotopic (exact) mass is 188 g/mol. The summed E-state index contributed by atoms with van der Waals surface area (Å²) in [5.74, 6) is 0. The second kappa shape index (κ2) is 4.51. The second-order valence-corrected chi connectivity index (χ2v) is 4.13. The van der Waals surface area contributed by atoms with E-state index < -0.39 is 0 Å². The van der Waals surface area contributed by atoms with Crippen LogP contribution in [0.4, 0.5) is 0 Å². The number of aliphatic imine (C=N–C) groups is 1. The molecule has 0 aromatic rings. The van der Waals surface area contributed by atoms with Crippen molar-refractivity contribution in [1.82, 2.24) is 0 Å². The van der Waals surface area contributed by atoms with E-state index in [2.05, 4.69) is 4.99 Å². The number of nitrogens with zero attached hydrogens (tertiary/aromatic N) is 1. The smallest absolute Gasteiger partial charge is 0.106 e. The van der Waals surface area contributed by atoms with Crippen LogP contribution in [0.2, 0.25) is 0 Å². The Bertz CT molecular complexity index is 199. The molecule has 0 aliphatic heterocycles. The lowest BCUT2D eigenvalue weighted by molar-refractivity contribution is 0.496. The summed E-state index contributed by atoms with van der Waals surface area (Å²) in [6.07, 6.45) is 2.38. The largest absolute Gasteiger partial charge is 0.400 e. The first kappa shape index (κ1) is 11.5. The van der Waals surface area contributed by atoms with Gasteiger partial charge < -0.3 is 5.73 Å². The maximum atomic E-state index is 5.75. The van der Waals surface area contributed by atoms with Crippen molar-refractivity contribution in [3.63, 3.8) is 0 Å². The Morgan fingerprint density at radius 3 is 2.33 bits per heavy atom. The first-order chi connectivity index (χ1) is 5.38. The Balaban J connectivity index is 4.39. The zero-order valence-corrected chi connectivity index (χ0v) is 8.94. The van der Waals surface area contributed by atoms with Crippen LogP contribution in [0.5, 0.6) is 0 Å². The molecular weight excluding hydrogens is 172 g/mol. The molecule has 2 N–H and O–H groups in total. The number of allylic oxidation sites excluding steroid dienone is 1. The van der Waals surface area contributed by atoms with Crippen molar-refractivity contribution >= 4 is 16.8 Å². The molecular formula is C9H17ClN2. The topological polar surface area (TPSA) is 38.4 Å². The maximum Gasteiger partial charge on any atom is 0.106 e. The van der Waals surface area contributed by atoms with E-state index in [4.69, 9.17) is 17.3 Å². The minimum absolute atomic E-state index is 0.0333. The van der Waals surface area contributed by atoms with E-state index in [1.54, 1.807) is 6.20 Å². The molecule has 0 atom stereocenters. The van der Waals surface area contributed by atoms with Crippen LogP contribution in [-0.4, -0.2) is 5.17 Å². The number of hydrogen-bond acceptors (Lipinski definition) is 2. The molecule has 12 heavy (non-hydrogen) atoms. The molecule has 2 nitrogen and oxygen atoms in total. The number of rotatable bonds is 2. The molecule has 0 saturated heterocycles. The molecule has 0 amide bonds. The van der Waals surface area contributed by atoms with Crippen molar-refractivity contribution in [3.8, 4) is 0 Å². The van der Waals surface area contributed by atoms with Gasteiger partial charge in [-0.2, -0.15) is 0 Å². The van der Waals surface area contributed by atoms with Gasteiger partial charge in [-0.05, 0) is 6.42 Å². The summed E-state index contributed by atoms with van der Waals surface area (Å²) in [5.41, 5.74) is 6.46. The van der Waals surface area contributed by atoms with Crippen molar-refractivity contribution in [2.45, 2.75) is 34.1 Å². The summed E-state index contributed by atoms with van der Waals surface area (Å²) in [6, 6.07) is 0. The highest BCUT2D eigenvalue weighted by atomic mass is 35.5. The molecule has 0 heterocycles. The Morgan fingerprint density at radius 2 is 2.00 bits per heavy atom. The van der Waals surface area contributed by atoms with Gasteiger partial charge in [0.1, 0.15) is 5.17 Å². The zero-order valence-electron chi connectivity index (χ0n) is 8.19. The average Bonchev–Trinajstić information content (AvgIpc) is 1.97. The molecule has 0 aromatic carbocycles. The maximum absolute atomic E-state index is 5.75. The number of halogens is 1. The quantitative estimate of drug-likeness (QED) is 0.665. The van der Waals surface area contributed by atoms with Gasteiger partial charge in [0.05, 0.1) is 0 Å². The first-order valence-electron chi connectivity index (χ1n) is 4.06. The van der Waals surface area contributed by atoms with Gasteiger partial charge in [-0.1, -0.05) is 39.3 Å². The van der Waals surface area contributed by atoms with E-state index in [1.807, 2.05) is 27.7 Å². The van der Waals surface area contributed by atoms with Crippen LogP contribution in [0, 0.1) is 5.41 Å². The summed E-state index contributed by atoms with van der Waals surface area (Å²) in [6.45, 7) is 8.06. The predicted molar refractivity (Wildman–Crippen MR) is 55.3 cm³/mol. The van der Waals surface area contributed by atoms with E-state index in [9.17, 15) is 0 Å². The fourth-order valence-corrected chi connectivity index (χ4v) is 0.473. The normalized spacial score (nSPS) is 15.1. The van der Waals surface area contributed by atoms with Crippen molar-refractivity contribution in [2.24, 2.45) is 16.1 Å². The highest BCUT2D eigenvalue weighted by molar-refractivity contribution is 6.65. The van der Waals surface area contributed by atoms with E-state index in [0.29, 0.717) is 5.17 Å². The molecule has 0 fully saturated rings. The van der Waals surface area contributed by atoms with Crippen LogP contribution in [-0.2, 0) is 0 Å². The van der Waals surface area contributed by atoms with Gasteiger partial charge in [0, 0.05) is 17.3 Å². The molecule has 70 valence electrons. The van der Waals surface area contributed by atoms with E-state index >= 15 is 0 Å². The third-order valence-corrected chi connectivity index (χ3v) is 1.87. The van der Waals surface area contributed by atoms with E-state index in [1.165, 1.54) is 0 Å². The molecule has 0 aliphatic carbocycles. The van der Waals surface area contributed by atoms with Gasteiger partial charge in [-0.3, -0.25) is 0 Å². The summed E-state index contributed by atoms with van der Waals surface area (Å²) in [7, 11) is 0. The number of nitrogens with two attached hydrogens (primary N) is 1. The molecule has 0 aromatic heterocycles. The van der Waals surface area contributed by atoms with E-state index in [-0.39, 0.29) is 5.41 Å². The highest BCUT2D eigenvalue weighted by Crippen LogP contribution is 2.20. The van der Waals surface area contributed by atoms with Crippen LogP contribution in [0.15, 0.2) is 16.9 Å². The average molecular weight is 189 g/mol. The Hall–Kier alpha value is -0.500. The van der Waals surface area contributed by atoms with Gasteiger partial charge in [0.25, 0.3) is 0 Å². The van der Waals surface area contributed by atoms with Crippen molar-refractivity contribution in [2.75, 3.05) is 0 Å². The molecule has 0 aliphatic rings. The standard InChI is InChI=1S/C9H17ClN2/c1-5-8(10)12-6-7(11)9(2,3)4/h6H,5,11H2,1-4H3/b7-6-,12-8+. The fraction of sp³-hybridized carbons (Fsp3) is 0.667. The van der Waals surface area contributed by atoms with Crippen LogP contribution in [0.3, 0.4) is 0 Å². The lowest BCUT2D eigenvalue weighted by Gasteiger charge is -2.17. The summed E-state index contributed by atoms with van der Waals surface area (Å²) in [4.78, 5) is 4.00. The predicted octanol–water partition coefficient (Wildman–Crippen LogP) is 2.88. The van der Waals surface area contributed by atoms with Gasteiger partial charge in [-0.15, -0.1) is 0 Å². The molecule has 0 radical (unpaired) electrons. The summed E-state index contributed by atoms with van der Waals surface area (Å²) in [5, 5.41) is 0.585. The lowest BCUT2D eigenvalue weighted by Crippen LogP contribution is -2.16. The Morgan fingerprint density at radius 1 is 1.50 bits per heavy atom. The summed E-state index contributed by atoms with van der Waals surface area (Å²) >= 11 is 5.71. The third-order valence-electron chi connectivity index (χ3n) is 1.50. The molecule has 0 unspecified atom stereocenters. The van der Waals surface area contributed by atoms with Crippen LogP contribution < -0.4 is 5.73 Å². The van der Waals surface area contributed by atoms with Crippen molar-refractivity contribution in [3.05, 3.63) is 11.9 Å². The van der Waals surface area contributed by atoms with Crippen molar-refractivity contribution < 1.29 is 0 Å². The fourth-order valence-electron chi connectivity index (χ4n) is 0.425. The van der Waals surface area contributed by atoms with Gasteiger partial charge in [0.15, 0.2) is 0 Å².